The molecule has 0 spiro atoms. The third-order valence-electron chi connectivity index (χ3n) is 3.81. The molecular formula is C19H15N3O3S. The Morgan fingerprint density at radius 1 is 1.31 bits per heavy atom. The number of nitrogens with zero attached hydrogens (tertiary/aromatic N) is 3. The Bertz CT molecular complexity index is 962. The number of benzene rings is 2. The lowest BCUT2D eigenvalue weighted by atomic mass is 10.1. The highest BCUT2D eigenvalue weighted by atomic mass is 32.2. The molecule has 1 aliphatic rings. The fourth-order valence-corrected chi connectivity index (χ4v) is 3.05. The molecule has 6 nitrogen and oxygen atoms in total. The fourth-order valence-electron chi connectivity index (χ4n) is 2.56. The number of methoxy groups -OCH3 is 1. The molecule has 1 heterocycles. The van der Waals surface area contributed by atoms with Gasteiger partial charge in [-0.15, -0.1) is 0 Å². The summed E-state index contributed by atoms with van der Waals surface area (Å²) >= 11 is 0.823. The molecule has 1 amide bonds. The Labute approximate surface area is 155 Å². The molecule has 1 aliphatic heterocycles. The zero-order chi connectivity index (χ0) is 18.7. The zero-order valence-corrected chi connectivity index (χ0v) is 14.9. The molecule has 26 heavy (non-hydrogen) atoms. The van der Waals surface area contributed by atoms with Crippen molar-refractivity contribution >= 4 is 35.1 Å². The first kappa shape index (κ1) is 17.6. The molecule has 0 saturated carbocycles. The largest absolute Gasteiger partial charge is 0.503 e. The summed E-state index contributed by atoms with van der Waals surface area (Å²) in [4.78, 5) is 13.1. The Kier molecular flexibility index (Phi) is 4.96. The van der Waals surface area contributed by atoms with Crippen molar-refractivity contribution < 1.29 is 14.6 Å². The summed E-state index contributed by atoms with van der Waals surface area (Å²) in [6, 6.07) is 12.4. The molecule has 0 aliphatic carbocycles. The van der Waals surface area contributed by atoms with Gasteiger partial charge in [0.15, 0.2) is 11.5 Å². The van der Waals surface area contributed by atoms with E-state index in [4.69, 9.17) is 10.00 Å². The van der Waals surface area contributed by atoms with Gasteiger partial charge in [0.25, 0.3) is 5.91 Å². The van der Waals surface area contributed by atoms with E-state index in [1.807, 2.05) is 35.7 Å². The van der Waals surface area contributed by atoms with Crippen LogP contribution in [-0.4, -0.2) is 23.8 Å². The lowest BCUT2D eigenvalue weighted by Gasteiger charge is -2.11. The average Bonchev–Trinajstić information content (AvgIpc) is 2.93. The van der Waals surface area contributed by atoms with Crippen molar-refractivity contribution in [2.24, 2.45) is 5.10 Å². The molecular weight excluding hydrogens is 350 g/mol. The van der Waals surface area contributed by atoms with Crippen molar-refractivity contribution in [3.63, 3.8) is 0 Å². The lowest BCUT2D eigenvalue weighted by Crippen LogP contribution is -2.21. The number of thiocyanates is 1. The highest BCUT2D eigenvalue weighted by Crippen LogP contribution is 2.38. The molecule has 7 heteroatoms. The molecule has 130 valence electrons. The first-order valence-electron chi connectivity index (χ1n) is 7.69. The molecule has 2 aromatic rings. The molecule has 0 saturated heterocycles. The number of phenols is 1. The van der Waals surface area contributed by atoms with E-state index < -0.39 is 0 Å². The predicted octanol–water partition coefficient (Wildman–Crippen LogP) is 3.78. The first-order valence-corrected chi connectivity index (χ1v) is 8.50. The average molecular weight is 365 g/mol. The van der Waals surface area contributed by atoms with Crippen molar-refractivity contribution in [3.8, 4) is 16.9 Å². The van der Waals surface area contributed by atoms with Crippen LogP contribution in [0.5, 0.6) is 11.5 Å². The maximum absolute atomic E-state index is 12.8. The van der Waals surface area contributed by atoms with Gasteiger partial charge in [-0.2, -0.15) is 15.4 Å². The normalized spacial score (nSPS) is 15.1. The SMILES string of the molecule is COc1cc(/C=C2\C(=O)N(c3ccccc3)N=C2C)cc(SC#N)c1O. The zero-order valence-electron chi connectivity index (χ0n) is 14.1. The van der Waals surface area contributed by atoms with Gasteiger partial charge < -0.3 is 9.84 Å². The van der Waals surface area contributed by atoms with Crippen LogP contribution in [0.15, 0.2) is 58.0 Å². The van der Waals surface area contributed by atoms with E-state index in [9.17, 15) is 9.90 Å². The highest BCUT2D eigenvalue weighted by molar-refractivity contribution is 8.03. The Hall–Kier alpha value is -3.24. The number of hydrazone groups is 1. The van der Waals surface area contributed by atoms with Gasteiger partial charge in [0.05, 0.1) is 29.0 Å². The fraction of sp³-hybridized carbons (Fsp3) is 0.105. The maximum atomic E-state index is 12.8. The van der Waals surface area contributed by atoms with Gasteiger partial charge in [0.1, 0.15) is 5.40 Å². The first-order chi connectivity index (χ1) is 12.5. The number of nitriles is 1. The third kappa shape index (κ3) is 3.27. The summed E-state index contributed by atoms with van der Waals surface area (Å²) in [6.45, 7) is 1.76. The number of anilines is 1. The van der Waals surface area contributed by atoms with Crippen LogP contribution < -0.4 is 9.75 Å². The quantitative estimate of drug-likeness (QED) is 0.506. The van der Waals surface area contributed by atoms with E-state index in [0.29, 0.717) is 27.4 Å². The maximum Gasteiger partial charge on any atom is 0.280 e. The molecule has 2 aromatic carbocycles. The number of phenolic OH excluding ortho intramolecular Hbond substituents is 1. The van der Waals surface area contributed by atoms with Crippen molar-refractivity contribution in [2.75, 3.05) is 12.1 Å². The van der Waals surface area contributed by atoms with E-state index >= 15 is 0 Å². The number of hydrogen-bond acceptors (Lipinski definition) is 6. The number of ether oxygens (including phenoxy) is 1. The van der Waals surface area contributed by atoms with Crippen LogP contribution >= 0.6 is 11.8 Å². The molecule has 0 fully saturated rings. The van der Waals surface area contributed by atoms with Crippen molar-refractivity contribution in [1.82, 2.24) is 0 Å². The van der Waals surface area contributed by atoms with Crippen molar-refractivity contribution in [1.29, 1.82) is 5.26 Å². The number of rotatable bonds is 4. The van der Waals surface area contributed by atoms with Gasteiger partial charge in [-0.1, -0.05) is 18.2 Å². The lowest BCUT2D eigenvalue weighted by molar-refractivity contribution is -0.114. The van der Waals surface area contributed by atoms with E-state index in [0.717, 1.165) is 11.8 Å². The Morgan fingerprint density at radius 2 is 2.04 bits per heavy atom. The molecule has 0 aromatic heterocycles. The van der Waals surface area contributed by atoms with Crippen LogP contribution in [-0.2, 0) is 4.79 Å². The van der Waals surface area contributed by atoms with Gasteiger partial charge >= 0.3 is 0 Å². The van der Waals surface area contributed by atoms with Gasteiger partial charge in [-0.3, -0.25) is 4.79 Å². The summed E-state index contributed by atoms with van der Waals surface area (Å²) < 4.78 is 5.15. The highest BCUT2D eigenvalue weighted by Gasteiger charge is 2.28. The summed E-state index contributed by atoms with van der Waals surface area (Å²) in [5, 5.41) is 26.6. The number of para-hydroxylation sites is 1. The van der Waals surface area contributed by atoms with E-state index in [1.54, 1.807) is 25.1 Å². The van der Waals surface area contributed by atoms with Gasteiger partial charge in [-0.05, 0) is 54.6 Å². The Balaban J connectivity index is 2.01. The van der Waals surface area contributed by atoms with Crippen molar-refractivity contribution in [3.05, 3.63) is 53.6 Å². The third-order valence-corrected chi connectivity index (χ3v) is 4.43. The minimum absolute atomic E-state index is 0.102. The number of hydrogen-bond donors (Lipinski definition) is 1. The second-order valence-corrected chi connectivity index (χ2v) is 6.29. The van der Waals surface area contributed by atoms with Crippen LogP contribution in [0, 0.1) is 10.7 Å². The molecule has 0 bridgehead atoms. The predicted molar refractivity (Wildman–Crippen MR) is 101 cm³/mol. The number of amides is 1. The molecule has 1 N–H and O–H groups in total. The number of thioether (sulfide) groups is 1. The summed E-state index contributed by atoms with van der Waals surface area (Å²) in [7, 11) is 1.43. The van der Waals surface area contributed by atoms with Crippen LogP contribution in [0.1, 0.15) is 12.5 Å². The van der Waals surface area contributed by atoms with Gasteiger partial charge in [-0.25, -0.2) is 0 Å². The second-order valence-electron chi connectivity index (χ2n) is 5.46. The summed E-state index contributed by atoms with van der Waals surface area (Å²) in [5.41, 5.74) is 2.34. The van der Waals surface area contributed by atoms with E-state index in [1.165, 1.54) is 12.1 Å². The molecule has 0 atom stereocenters. The Morgan fingerprint density at radius 3 is 2.69 bits per heavy atom. The smallest absolute Gasteiger partial charge is 0.280 e. The molecule has 0 unspecified atom stereocenters. The van der Waals surface area contributed by atoms with E-state index in [2.05, 4.69) is 5.10 Å². The summed E-state index contributed by atoms with van der Waals surface area (Å²) in [5.74, 6) is -0.109. The van der Waals surface area contributed by atoms with Crippen molar-refractivity contribution in [2.45, 2.75) is 11.8 Å². The molecule has 3 rings (SSSR count). The van der Waals surface area contributed by atoms with Crippen LogP contribution in [0.2, 0.25) is 0 Å². The van der Waals surface area contributed by atoms with Crippen LogP contribution in [0.25, 0.3) is 6.08 Å². The van der Waals surface area contributed by atoms with Crippen LogP contribution in [0.3, 0.4) is 0 Å². The minimum atomic E-state index is -0.241. The summed E-state index contributed by atoms with van der Waals surface area (Å²) in [6.07, 6.45) is 1.67. The number of carbonyl (C=O) groups excluding carboxylic acids is 1. The van der Waals surface area contributed by atoms with E-state index in [-0.39, 0.29) is 17.4 Å². The second kappa shape index (κ2) is 7.33. The molecule has 0 radical (unpaired) electrons. The number of carbonyl (C=O) groups is 1. The minimum Gasteiger partial charge on any atom is -0.503 e. The topological polar surface area (TPSA) is 85.9 Å². The number of aromatic hydroxyl groups is 1. The standard InChI is InChI=1S/C19H15N3O3S/c1-12-15(19(24)22(21-12)14-6-4-3-5-7-14)8-13-9-16(25-2)18(23)17(10-13)26-11-20/h3-10,23H,1-2H3/b15-8-. The van der Waals surface area contributed by atoms with Gasteiger partial charge in [0.2, 0.25) is 0 Å². The van der Waals surface area contributed by atoms with Crippen LogP contribution in [0.4, 0.5) is 5.69 Å². The van der Waals surface area contributed by atoms with Gasteiger partial charge in [0, 0.05) is 0 Å². The monoisotopic (exact) mass is 365 g/mol.